The normalized spacial score (nSPS) is 14.4. The number of methoxy groups -OCH3 is 1. The van der Waals surface area contributed by atoms with Gasteiger partial charge in [0.05, 0.1) is 39.1 Å². The SMILES string of the molecule is CCOC(=O)C1=C(c2ccccc2)N=c2s/c(=C\c3cc(I)c(OCc4ccccc4F)c(OC)c3)c(=O)n2[C@@H]1c1ccc(SC)cc1. The second-order valence-corrected chi connectivity index (χ2v) is 13.7. The van der Waals surface area contributed by atoms with Gasteiger partial charge in [-0.15, -0.1) is 11.8 Å². The van der Waals surface area contributed by atoms with Gasteiger partial charge in [-0.3, -0.25) is 9.36 Å². The van der Waals surface area contributed by atoms with Crippen molar-refractivity contribution in [2.45, 2.75) is 24.5 Å². The molecule has 48 heavy (non-hydrogen) atoms. The number of ether oxygens (including phenoxy) is 3. The molecule has 1 aromatic heterocycles. The van der Waals surface area contributed by atoms with Crippen LogP contribution in [-0.2, 0) is 16.1 Å². The van der Waals surface area contributed by atoms with E-state index in [1.807, 2.05) is 66.9 Å². The number of carbonyl (C=O) groups is 1. The zero-order valence-electron chi connectivity index (χ0n) is 26.2. The number of rotatable bonds is 10. The van der Waals surface area contributed by atoms with Gasteiger partial charge in [0.2, 0.25) is 0 Å². The molecular weight excluding hydrogens is 762 g/mol. The lowest BCUT2D eigenvalue weighted by molar-refractivity contribution is -0.138. The number of thiazole rings is 1. The first-order valence-corrected chi connectivity index (χ1v) is 18.1. The molecule has 244 valence electrons. The highest BCUT2D eigenvalue weighted by Gasteiger charge is 2.35. The summed E-state index contributed by atoms with van der Waals surface area (Å²) in [5.74, 6) is 0.0392. The third-order valence-electron chi connectivity index (χ3n) is 7.68. The predicted octanol–water partition coefficient (Wildman–Crippen LogP) is 6.99. The van der Waals surface area contributed by atoms with Crippen molar-refractivity contribution in [3.8, 4) is 11.5 Å². The molecule has 0 aliphatic carbocycles. The Morgan fingerprint density at radius 2 is 1.79 bits per heavy atom. The van der Waals surface area contributed by atoms with E-state index in [0.717, 1.165) is 19.6 Å². The topological polar surface area (TPSA) is 79.1 Å². The molecule has 1 atom stereocenters. The van der Waals surface area contributed by atoms with E-state index in [1.165, 1.54) is 24.5 Å². The maximum Gasteiger partial charge on any atom is 0.338 e. The summed E-state index contributed by atoms with van der Waals surface area (Å²) in [4.78, 5) is 34.4. The second kappa shape index (κ2) is 14.9. The molecule has 0 amide bonds. The molecule has 0 fully saturated rings. The zero-order chi connectivity index (χ0) is 33.8. The molecule has 1 aliphatic rings. The van der Waals surface area contributed by atoms with Gasteiger partial charge in [-0.25, -0.2) is 14.2 Å². The fraction of sp³-hybridized carbons (Fsp3) is 0.162. The Balaban J connectivity index is 1.50. The van der Waals surface area contributed by atoms with Crippen molar-refractivity contribution < 1.29 is 23.4 Å². The van der Waals surface area contributed by atoms with Crippen LogP contribution >= 0.6 is 45.7 Å². The highest BCUT2D eigenvalue weighted by atomic mass is 127. The van der Waals surface area contributed by atoms with Crippen LogP contribution < -0.4 is 24.4 Å². The van der Waals surface area contributed by atoms with Crippen LogP contribution in [0, 0.1) is 9.39 Å². The molecule has 11 heteroatoms. The van der Waals surface area contributed by atoms with Gasteiger partial charge in [0, 0.05) is 16.0 Å². The van der Waals surface area contributed by atoms with Gasteiger partial charge < -0.3 is 14.2 Å². The number of hydrogen-bond acceptors (Lipinski definition) is 8. The molecule has 0 radical (unpaired) electrons. The molecular formula is C37H30FIN2O5S2. The summed E-state index contributed by atoms with van der Waals surface area (Å²) in [7, 11) is 1.53. The van der Waals surface area contributed by atoms with E-state index in [1.54, 1.807) is 53.6 Å². The predicted molar refractivity (Wildman–Crippen MR) is 196 cm³/mol. The number of nitrogens with zero attached hydrogens (tertiary/aromatic N) is 2. The van der Waals surface area contributed by atoms with Crippen molar-refractivity contribution in [1.29, 1.82) is 0 Å². The lowest BCUT2D eigenvalue weighted by atomic mass is 9.93. The summed E-state index contributed by atoms with van der Waals surface area (Å²) < 4.78 is 34.2. The van der Waals surface area contributed by atoms with E-state index in [4.69, 9.17) is 19.2 Å². The quantitative estimate of drug-likeness (QED) is 0.0863. The summed E-state index contributed by atoms with van der Waals surface area (Å²) in [5, 5.41) is 0. The third-order valence-corrected chi connectivity index (χ3v) is 10.2. The van der Waals surface area contributed by atoms with Gasteiger partial charge in [-0.05, 0) is 83.3 Å². The standard InChI is InChI=1S/C37H30FIN2O5S2/c1-4-45-36(43)31-32(23-10-6-5-7-11-23)40-37-41(33(31)24-14-16-26(47-3)17-15-24)35(42)30(48-37)20-22-18-28(39)34(29(19-22)44-2)46-21-25-12-8-9-13-27(25)38/h5-20,33H,4,21H2,1-3H3/b30-20-/t33-/m1/s1. The molecule has 6 rings (SSSR count). The van der Waals surface area contributed by atoms with Crippen LogP contribution in [-0.4, -0.2) is 30.5 Å². The Hall–Kier alpha value is -4.20. The average Bonchev–Trinajstić information content (AvgIpc) is 3.41. The first-order chi connectivity index (χ1) is 23.3. The summed E-state index contributed by atoms with van der Waals surface area (Å²) in [5.41, 5.74) is 3.11. The largest absolute Gasteiger partial charge is 0.493 e. The van der Waals surface area contributed by atoms with Crippen LogP contribution in [0.4, 0.5) is 4.39 Å². The van der Waals surface area contributed by atoms with Gasteiger partial charge in [-0.2, -0.15) is 0 Å². The number of esters is 1. The van der Waals surface area contributed by atoms with Crippen molar-refractivity contribution in [3.63, 3.8) is 0 Å². The number of halogens is 2. The number of fused-ring (bicyclic) bond motifs is 1. The minimum atomic E-state index is -0.766. The van der Waals surface area contributed by atoms with Gasteiger partial charge in [-0.1, -0.05) is 72.0 Å². The van der Waals surface area contributed by atoms with Crippen LogP contribution in [0.15, 0.2) is 111 Å². The van der Waals surface area contributed by atoms with Crippen LogP contribution in [0.5, 0.6) is 11.5 Å². The zero-order valence-corrected chi connectivity index (χ0v) is 30.0. The smallest absolute Gasteiger partial charge is 0.338 e. The van der Waals surface area contributed by atoms with Gasteiger partial charge in [0.25, 0.3) is 5.56 Å². The highest BCUT2D eigenvalue weighted by Crippen LogP contribution is 2.37. The number of hydrogen-bond donors (Lipinski definition) is 0. The van der Waals surface area contributed by atoms with E-state index in [0.29, 0.717) is 43.2 Å². The Morgan fingerprint density at radius 1 is 1.06 bits per heavy atom. The first kappa shape index (κ1) is 33.7. The Morgan fingerprint density at radius 3 is 2.48 bits per heavy atom. The van der Waals surface area contributed by atoms with E-state index in [2.05, 4.69) is 22.6 Å². The van der Waals surface area contributed by atoms with Crippen LogP contribution in [0.25, 0.3) is 11.8 Å². The minimum Gasteiger partial charge on any atom is -0.493 e. The van der Waals surface area contributed by atoms with Gasteiger partial charge in [0.15, 0.2) is 16.3 Å². The molecule has 0 unspecified atom stereocenters. The Bertz CT molecular complexity index is 2200. The molecule has 0 spiro atoms. The molecule has 0 bridgehead atoms. The molecule has 4 aromatic carbocycles. The molecule has 1 aliphatic heterocycles. The number of aromatic nitrogens is 1. The minimum absolute atomic E-state index is 0.0292. The maximum atomic E-state index is 14.3. The molecule has 7 nitrogen and oxygen atoms in total. The monoisotopic (exact) mass is 792 g/mol. The average molecular weight is 793 g/mol. The molecule has 2 heterocycles. The molecule has 0 saturated heterocycles. The Kier molecular flexibility index (Phi) is 10.5. The van der Waals surface area contributed by atoms with E-state index in [-0.39, 0.29) is 24.6 Å². The van der Waals surface area contributed by atoms with Crippen molar-refractivity contribution in [1.82, 2.24) is 4.57 Å². The van der Waals surface area contributed by atoms with Crippen LogP contribution in [0.2, 0.25) is 0 Å². The summed E-state index contributed by atoms with van der Waals surface area (Å²) in [6, 6.07) is 26.6. The number of carbonyl (C=O) groups excluding carboxylic acids is 1. The highest BCUT2D eigenvalue weighted by molar-refractivity contribution is 14.1. The summed E-state index contributed by atoms with van der Waals surface area (Å²) in [6.45, 7) is 1.96. The summed E-state index contributed by atoms with van der Waals surface area (Å²) >= 11 is 4.99. The second-order valence-electron chi connectivity index (χ2n) is 10.6. The fourth-order valence-corrected chi connectivity index (χ4v) is 7.61. The van der Waals surface area contributed by atoms with Crippen molar-refractivity contribution in [2.75, 3.05) is 20.0 Å². The lowest BCUT2D eigenvalue weighted by Gasteiger charge is -2.26. The molecule has 5 aromatic rings. The van der Waals surface area contributed by atoms with Crippen LogP contribution in [0.3, 0.4) is 0 Å². The Labute approximate surface area is 298 Å². The van der Waals surface area contributed by atoms with E-state index in [9.17, 15) is 14.0 Å². The fourth-order valence-electron chi connectivity index (χ4n) is 5.42. The van der Waals surface area contributed by atoms with Crippen molar-refractivity contribution in [2.24, 2.45) is 4.99 Å². The lowest BCUT2D eigenvalue weighted by Crippen LogP contribution is -2.40. The number of thioether (sulfide) groups is 1. The van der Waals surface area contributed by atoms with Gasteiger partial charge in [0.1, 0.15) is 12.4 Å². The van der Waals surface area contributed by atoms with Crippen molar-refractivity contribution in [3.05, 3.63) is 148 Å². The summed E-state index contributed by atoms with van der Waals surface area (Å²) in [6.07, 6.45) is 3.77. The van der Waals surface area contributed by atoms with E-state index >= 15 is 0 Å². The molecule has 0 N–H and O–H groups in total. The van der Waals surface area contributed by atoms with Crippen molar-refractivity contribution >= 4 is 63.4 Å². The number of benzene rings is 4. The maximum absolute atomic E-state index is 14.3. The first-order valence-electron chi connectivity index (χ1n) is 15.0. The van der Waals surface area contributed by atoms with Crippen LogP contribution in [0.1, 0.15) is 35.2 Å². The van der Waals surface area contributed by atoms with Gasteiger partial charge >= 0.3 is 5.97 Å². The third kappa shape index (κ3) is 6.85. The van der Waals surface area contributed by atoms with E-state index < -0.39 is 12.0 Å². The molecule has 0 saturated carbocycles.